The maximum atomic E-state index is 12.4. The molecule has 1 saturated heterocycles. The molecule has 4 nitrogen and oxygen atoms in total. The van der Waals surface area contributed by atoms with E-state index in [4.69, 9.17) is 11.6 Å². The van der Waals surface area contributed by atoms with Gasteiger partial charge in [0.1, 0.15) is 5.69 Å². The van der Waals surface area contributed by atoms with Gasteiger partial charge in [0.05, 0.1) is 10.5 Å². The van der Waals surface area contributed by atoms with Gasteiger partial charge < -0.3 is 0 Å². The van der Waals surface area contributed by atoms with Crippen molar-refractivity contribution in [1.29, 1.82) is 0 Å². The van der Waals surface area contributed by atoms with Gasteiger partial charge >= 0.3 is 0 Å². The van der Waals surface area contributed by atoms with Gasteiger partial charge in [-0.1, -0.05) is 36.7 Å². The van der Waals surface area contributed by atoms with E-state index >= 15 is 0 Å². The van der Waals surface area contributed by atoms with E-state index in [0.717, 1.165) is 5.39 Å². The summed E-state index contributed by atoms with van der Waals surface area (Å²) in [7, 11) is 0. The molecule has 0 saturated carbocycles. The lowest BCUT2D eigenvalue weighted by Gasteiger charge is -2.14. The van der Waals surface area contributed by atoms with Gasteiger partial charge in [0.25, 0.3) is 5.91 Å². The second-order valence-electron chi connectivity index (χ2n) is 5.13. The zero-order valence-corrected chi connectivity index (χ0v) is 11.7. The van der Waals surface area contributed by atoms with Crippen LogP contribution in [0.5, 0.6) is 0 Å². The van der Waals surface area contributed by atoms with Crippen LogP contribution >= 0.6 is 11.6 Å². The molecule has 1 fully saturated rings. The summed E-state index contributed by atoms with van der Waals surface area (Å²) in [6.07, 6.45) is 0.410. The first-order valence-corrected chi connectivity index (χ1v) is 6.84. The van der Waals surface area contributed by atoms with E-state index in [1.807, 2.05) is 25.1 Å². The van der Waals surface area contributed by atoms with Crippen LogP contribution in [0.15, 0.2) is 30.3 Å². The van der Waals surface area contributed by atoms with Gasteiger partial charge in [-0.05, 0) is 18.1 Å². The molecule has 1 aromatic heterocycles. The third-order valence-corrected chi connectivity index (χ3v) is 3.76. The van der Waals surface area contributed by atoms with E-state index in [2.05, 4.69) is 4.98 Å². The Labute approximate surface area is 121 Å². The first-order chi connectivity index (χ1) is 9.56. The van der Waals surface area contributed by atoms with Crippen molar-refractivity contribution in [3.8, 4) is 0 Å². The van der Waals surface area contributed by atoms with Gasteiger partial charge in [-0.25, -0.2) is 4.98 Å². The van der Waals surface area contributed by atoms with Crippen LogP contribution in [0.4, 0.5) is 0 Å². The Morgan fingerprint density at radius 1 is 1.40 bits per heavy atom. The highest BCUT2D eigenvalue weighted by molar-refractivity contribution is 6.35. The van der Waals surface area contributed by atoms with Crippen molar-refractivity contribution in [2.45, 2.75) is 13.3 Å². The summed E-state index contributed by atoms with van der Waals surface area (Å²) < 4.78 is 0. The lowest BCUT2D eigenvalue weighted by molar-refractivity contribution is -0.125. The molecule has 0 N–H and O–H groups in total. The van der Waals surface area contributed by atoms with Gasteiger partial charge in [-0.15, -0.1) is 0 Å². The number of nitrogens with zero attached hydrogens (tertiary/aromatic N) is 2. The number of benzene rings is 1. The van der Waals surface area contributed by atoms with Crippen LogP contribution < -0.4 is 0 Å². The largest absolute Gasteiger partial charge is 0.279 e. The number of fused-ring (bicyclic) bond motifs is 1. The van der Waals surface area contributed by atoms with Gasteiger partial charge in [0.15, 0.2) is 0 Å². The average molecular weight is 289 g/mol. The number of halogens is 1. The number of amides is 2. The summed E-state index contributed by atoms with van der Waals surface area (Å²) >= 11 is 6.18. The van der Waals surface area contributed by atoms with Crippen molar-refractivity contribution < 1.29 is 9.59 Å². The zero-order valence-electron chi connectivity index (χ0n) is 11.0. The molecule has 5 heteroatoms. The van der Waals surface area contributed by atoms with E-state index in [9.17, 15) is 9.59 Å². The maximum absolute atomic E-state index is 12.4. The minimum atomic E-state index is -0.369. The van der Waals surface area contributed by atoms with Crippen LogP contribution in [0.3, 0.4) is 0 Å². The highest BCUT2D eigenvalue weighted by Gasteiger charge is 2.32. The number of imide groups is 1. The van der Waals surface area contributed by atoms with Crippen molar-refractivity contribution in [3.63, 3.8) is 0 Å². The number of hydrogen-bond acceptors (Lipinski definition) is 3. The second kappa shape index (κ2) is 4.87. The molecule has 102 valence electrons. The number of pyridine rings is 1. The number of carbonyl (C=O) groups excluding carboxylic acids is 2. The molecule has 2 aromatic rings. The Bertz CT molecular complexity index is 714. The molecular formula is C15H13ClN2O2. The number of hydrogen-bond donors (Lipinski definition) is 0. The molecule has 3 rings (SSSR count). The van der Waals surface area contributed by atoms with Crippen molar-refractivity contribution in [3.05, 3.63) is 41.0 Å². The Kier molecular flexibility index (Phi) is 3.18. The van der Waals surface area contributed by atoms with Crippen LogP contribution in [0, 0.1) is 5.92 Å². The quantitative estimate of drug-likeness (QED) is 0.758. The SMILES string of the molecule is CC1CC(=O)N(C(=O)c2cc(Cl)c3ccccc3n2)C1. The molecule has 1 unspecified atom stereocenters. The fourth-order valence-corrected chi connectivity index (χ4v) is 2.73. The van der Waals surface area contributed by atoms with Crippen LogP contribution in [-0.4, -0.2) is 28.2 Å². The van der Waals surface area contributed by atoms with Crippen LogP contribution in [-0.2, 0) is 4.79 Å². The van der Waals surface area contributed by atoms with Gasteiger partial charge in [0.2, 0.25) is 5.91 Å². The summed E-state index contributed by atoms with van der Waals surface area (Å²) in [6.45, 7) is 2.40. The molecule has 2 amide bonds. The van der Waals surface area contributed by atoms with Crippen molar-refractivity contribution in [2.75, 3.05) is 6.54 Å². The lowest BCUT2D eigenvalue weighted by atomic mass is 10.2. The second-order valence-corrected chi connectivity index (χ2v) is 5.53. The molecule has 0 spiro atoms. The van der Waals surface area contributed by atoms with Gasteiger partial charge in [0, 0.05) is 18.4 Å². The first kappa shape index (κ1) is 13.1. The smallest absolute Gasteiger partial charge is 0.277 e. The molecule has 1 aliphatic heterocycles. The molecule has 0 aliphatic carbocycles. The van der Waals surface area contributed by atoms with Crippen molar-refractivity contribution in [2.24, 2.45) is 5.92 Å². The van der Waals surface area contributed by atoms with E-state index < -0.39 is 0 Å². The minimum absolute atomic E-state index is 0.145. The minimum Gasteiger partial charge on any atom is -0.277 e. The standard InChI is InChI=1S/C15H13ClN2O2/c1-9-6-14(19)18(8-9)15(20)13-7-11(16)10-4-2-3-5-12(10)17-13/h2-5,7,9H,6,8H2,1H3. The van der Waals surface area contributed by atoms with Crippen LogP contribution in [0.2, 0.25) is 5.02 Å². The molecule has 2 heterocycles. The molecule has 1 atom stereocenters. The molecular weight excluding hydrogens is 276 g/mol. The van der Waals surface area contributed by atoms with Crippen LogP contribution in [0.25, 0.3) is 10.9 Å². The third kappa shape index (κ3) is 2.16. The normalized spacial score (nSPS) is 18.8. The Balaban J connectivity index is 2.02. The third-order valence-electron chi connectivity index (χ3n) is 3.45. The fraction of sp³-hybridized carbons (Fsp3) is 0.267. The van der Waals surface area contributed by atoms with E-state index in [0.29, 0.717) is 23.5 Å². The average Bonchev–Trinajstić information content (AvgIpc) is 2.77. The van der Waals surface area contributed by atoms with Crippen molar-refractivity contribution in [1.82, 2.24) is 9.88 Å². The summed E-state index contributed by atoms with van der Waals surface area (Å²) in [5, 5.41) is 1.27. The maximum Gasteiger partial charge on any atom is 0.279 e. The number of aromatic nitrogens is 1. The Morgan fingerprint density at radius 3 is 2.85 bits per heavy atom. The number of carbonyl (C=O) groups is 2. The Morgan fingerprint density at radius 2 is 2.15 bits per heavy atom. The number of likely N-dealkylation sites (tertiary alicyclic amines) is 1. The van der Waals surface area contributed by atoms with E-state index in [1.54, 1.807) is 6.07 Å². The summed E-state index contributed by atoms with van der Waals surface area (Å²) in [6, 6.07) is 8.88. The summed E-state index contributed by atoms with van der Waals surface area (Å²) in [5.74, 6) is -0.317. The topological polar surface area (TPSA) is 50.3 Å². The van der Waals surface area contributed by atoms with E-state index in [-0.39, 0.29) is 23.4 Å². The Hall–Kier alpha value is -1.94. The predicted molar refractivity (Wildman–Crippen MR) is 76.6 cm³/mol. The molecule has 1 aliphatic rings. The fourth-order valence-electron chi connectivity index (χ4n) is 2.46. The van der Waals surface area contributed by atoms with Gasteiger partial charge in [-0.2, -0.15) is 0 Å². The predicted octanol–water partition coefficient (Wildman–Crippen LogP) is 2.90. The van der Waals surface area contributed by atoms with Gasteiger partial charge in [-0.3, -0.25) is 14.5 Å². The monoisotopic (exact) mass is 288 g/mol. The molecule has 1 aromatic carbocycles. The number of rotatable bonds is 1. The van der Waals surface area contributed by atoms with E-state index in [1.165, 1.54) is 11.0 Å². The summed E-state index contributed by atoms with van der Waals surface area (Å²) in [5.41, 5.74) is 0.874. The highest BCUT2D eigenvalue weighted by atomic mass is 35.5. The number of para-hydroxylation sites is 1. The van der Waals surface area contributed by atoms with Crippen molar-refractivity contribution >= 4 is 34.3 Å². The summed E-state index contributed by atoms with van der Waals surface area (Å²) in [4.78, 5) is 29.7. The molecule has 20 heavy (non-hydrogen) atoms. The highest BCUT2D eigenvalue weighted by Crippen LogP contribution is 2.25. The lowest BCUT2D eigenvalue weighted by Crippen LogP contribution is -2.32. The molecule has 0 radical (unpaired) electrons. The zero-order chi connectivity index (χ0) is 14.3. The molecule has 0 bridgehead atoms. The first-order valence-electron chi connectivity index (χ1n) is 6.46. The van der Waals surface area contributed by atoms with Crippen LogP contribution in [0.1, 0.15) is 23.8 Å².